The van der Waals surface area contributed by atoms with Gasteiger partial charge in [0.15, 0.2) is 0 Å². The van der Waals surface area contributed by atoms with Crippen molar-refractivity contribution in [2.24, 2.45) is 0 Å². The summed E-state index contributed by atoms with van der Waals surface area (Å²) in [5.41, 5.74) is -4.49. The highest BCUT2D eigenvalue weighted by Crippen LogP contribution is 2.28. The van der Waals surface area contributed by atoms with Crippen molar-refractivity contribution in [1.29, 1.82) is 0 Å². The lowest BCUT2D eigenvalue weighted by Crippen LogP contribution is -2.35. The van der Waals surface area contributed by atoms with E-state index in [0.29, 0.717) is 21.0 Å². The maximum absolute atomic E-state index is 14.3. The Bertz CT molecular complexity index is 1100. The van der Waals surface area contributed by atoms with E-state index in [-0.39, 0.29) is 0 Å². The second-order valence-electron chi connectivity index (χ2n) is 4.79. The van der Waals surface area contributed by atoms with Gasteiger partial charge < -0.3 is 0 Å². The Hall–Kier alpha value is -2.40. The van der Waals surface area contributed by atoms with Gasteiger partial charge >= 0.3 is 5.69 Å². The number of benzene rings is 1. The summed E-state index contributed by atoms with van der Waals surface area (Å²) in [7, 11) is -4.47. The van der Waals surface area contributed by atoms with Gasteiger partial charge in [-0.05, 0) is 12.1 Å². The van der Waals surface area contributed by atoms with Crippen LogP contribution in [0.5, 0.6) is 0 Å². The van der Waals surface area contributed by atoms with Crippen LogP contribution >= 0.6 is 11.3 Å². The molecule has 3 rings (SSSR count). The van der Waals surface area contributed by atoms with Crippen molar-refractivity contribution < 1.29 is 17.2 Å². The fourth-order valence-corrected chi connectivity index (χ4v) is 4.50. The molecule has 126 valence electrons. The molecule has 1 unspecified atom stereocenters. The van der Waals surface area contributed by atoms with Crippen LogP contribution < -0.4 is 11.2 Å². The molecule has 1 N–H and O–H groups in total. The molecule has 11 heteroatoms. The minimum Gasteiger partial charge on any atom is -0.294 e. The average Bonchev–Trinajstić information content (AvgIpc) is 2.97. The summed E-state index contributed by atoms with van der Waals surface area (Å²) in [6.45, 7) is -0.967. The molecule has 7 nitrogen and oxygen atoms in total. The third-order valence-electron chi connectivity index (χ3n) is 3.16. The van der Waals surface area contributed by atoms with Gasteiger partial charge in [-0.25, -0.2) is 22.6 Å². The second-order valence-corrected chi connectivity index (χ2v) is 8.07. The van der Waals surface area contributed by atoms with Crippen molar-refractivity contribution in [3.8, 4) is 0 Å². The number of nitrogens with one attached hydrogen (secondary N) is 1. The third-order valence-corrected chi connectivity index (χ3v) is 6.34. The normalized spacial score (nSPS) is 13.2. The first-order valence-corrected chi connectivity index (χ1v) is 8.88. The predicted molar refractivity (Wildman–Crippen MR) is 83.0 cm³/mol. The van der Waals surface area contributed by atoms with Crippen molar-refractivity contribution in [3.63, 3.8) is 0 Å². The minimum atomic E-state index is -4.47. The van der Waals surface area contributed by atoms with E-state index in [1.54, 1.807) is 29.2 Å². The topological polar surface area (TPSA) is 102 Å². The van der Waals surface area contributed by atoms with Crippen molar-refractivity contribution in [1.82, 2.24) is 14.5 Å². The van der Waals surface area contributed by atoms with Gasteiger partial charge in [0.05, 0.1) is 23.0 Å². The van der Waals surface area contributed by atoms with Gasteiger partial charge in [0.1, 0.15) is 0 Å². The molecule has 0 aliphatic heterocycles. The lowest BCUT2D eigenvalue weighted by Gasteiger charge is -2.09. The molecule has 0 amide bonds. The Balaban J connectivity index is 1.96. The highest BCUT2D eigenvalue weighted by Gasteiger charge is 2.31. The Labute approximate surface area is 137 Å². The number of fused-ring (bicyclic) bond motifs is 1. The third kappa shape index (κ3) is 2.87. The molecular weight excluding hydrogens is 364 g/mol. The molecule has 0 aliphatic rings. The molecule has 2 heterocycles. The fraction of sp³-hybridized carbons (Fsp3) is 0.154. The summed E-state index contributed by atoms with van der Waals surface area (Å²) in [6.07, 6.45) is 0.460. The smallest absolute Gasteiger partial charge is 0.294 e. The molecule has 24 heavy (non-hydrogen) atoms. The predicted octanol–water partition coefficient (Wildman–Crippen LogP) is 1.05. The van der Waals surface area contributed by atoms with Crippen LogP contribution in [0, 0.1) is 5.82 Å². The monoisotopic (exact) mass is 373 g/mol. The number of aromatic amines is 1. The number of alkyl halides is 1. The van der Waals surface area contributed by atoms with Gasteiger partial charge in [-0.3, -0.25) is 14.3 Å². The van der Waals surface area contributed by atoms with Gasteiger partial charge in [-0.15, -0.1) is 11.3 Å². The number of hydrogen-bond donors (Lipinski definition) is 1. The lowest BCUT2D eigenvalue weighted by atomic mass is 10.3. The molecule has 1 aromatic carbocycles. The highest BCUT2D eigenvalue weighted by molar-refractivity contribution is 7.93. The zero-order chi connectivity index (χ0) is 17.5. The van der Waals surface area contributed by atoms with Crippen molar-refractivity contribution in [2.45, 2.75) is 16.4 Å². The Morgan fingerprint density at radius 3 is 2.71 bits per heavy atom. The van der Waals surface area contributed by atoms with Gasteiger partial charge in [-0.1, -0.05) is 12.1 Å². The standard InChI is InChI=1S/C13H9F2N3O4S2/c14-7-5-18(12(20)17-11(7)19)6-10(15)24(21,22)13-16-8-3-1-2-4-9(8)23-13/h1-5,10H,6H2,(H,17,19,20). The Morgan fingerprint density at radius 1 is 1.29 bits per heavy atom. The van der Waals surface area contributed by atoms with Crippen LogP contribution in [-0.2, 0) is 16.4 Å². The van der Waals surface area contributed by atoms with E-state index in [9.17, 15) is 26.8 Å². The van der Waals surface area contributed by atoms with Crippen molar-refractivity contribution >= 4 is 31.4 Å². The van der Waals surface area contributed by atoms with Crippen molar-refractivity contribution in [2.75, 3.05) is 0 Å². The van der Waals surface area contributed by atoms with Crippen LogP contribution in [0.4, 0.5) is 8.78 Å². The number of thiazole rings is 1. The van der Waals surface area contributed by atoms with E-state index < -0.39 is 43.3 Å². The lowest BCUT2D eigenvalue weighted by molar-refractivity contribution is 0.368. The molecular formula is C13H9F2N3O4S2. The molecule has 0 bridgehead atoms. The van der Waals surface area contributed by atoms with Crippen LogP contribution in [0.2, 0.25) is 0 Å². The van der Waals surface area contributed by atoms with E-state index in [1.165, 1.54) is 0 Å². The summed E-state index contributed by atoms with van der Waals surface area (Å²) in [4.78, 5) is 27.9. The minimum absolute atomic E-state index is 0.403. The number of para-hydroxylation sites is 1. The molecule has 0 saturated heterocycles. The molecule has 1 atom stereocenters. The maximum Gasteiger partial charge on any atom is 0.328 e. The van der Waals surface area contributed by atoms with Gasteiger partial charge in [-0.2, -0.15) is 4.39 Å². The average molecular weight is 373 g/mol. The summed E-state index contributed by atoms with van der Waals surface area (Å²) in [5, 5.41) is 0. The summed E-state index contributed by atoms with van der Waals surface area (Å²) < 4.78 is 52.6. The molecule has 2 aromatic heterocycles. The number of H-pyrrole nitrogens is 1. The zero-order valence-electron chi connectivity index (χ0n) is 11.8. The van der Waals surface area contributed by atoms with Gasteiger partial charge in [0.2, 0.25) is 25.5 Å². The van der Waals surface area contributed by atoms with E-state index in [0.717, 1.165) is 11.3 Å². The Morgan fingerprint density at radius 2 is 2.00 bits per heavy atom. The van der Waals surface area contributed by atoms with Gasteiger partial charge in [0, 0.05) is 0 Å². The van der Waals surface area contributed by atoms with Crippen LogP contribution in [-0.4, -0.2) is 28.5 Å². The summed E-state index contributed by atoms with van der Waals surface area (Å²) in [6, 6.07) is 6.57. The number of nitrogens with zero attached hydrogens (tertiary/aromatic N) is 2. The zero-order valence-corrected chi connectivity index (χ0v) is 13.4. The van der Waals surface area contributed by atoms with E-state index in [1.807, 2.05) is 0 Å². The van der Waals surface area contributed by atoms with Crippen LogP contribution in [0.25, 0.3) is 10.2 Å². The number of halogens is 2. The molecule has 0 fully saturated rings. The van der Waals surface area contributed by atoms with E-state index in [2.05, 4.69) is 4.98 Å². The number of sulfone groups is 1. The molecule has 0 radical (unpaired) electrons. The molecule has 0 aliphatic carbocycles. The van der Waals surface area contributed by atoms with E-state index >= 15 is 0 Å². The Kier molecular flexibility index (Phi) is 4.05. The number of rotatable bonds is 4. The SMILES string of the molecule is O=c1[nH]c(=O)n(CC(F)S(=O)(=O)c2nc3ccccc3s2)cc1F. The quantitative estimate of drug-likeness (QED) is 0.737. The van der Waals surface area contributed by atoms with Gasteiger partial charge in [0.25, 0.3) is 5.56 Å². The van der Waals surface area contributed by atoms with Crippen LogP contribution in [0.1, 0.15) is 0 Å². The first-order chi connectivity index (χ1) is 11.3. The summed E-state index contributed by atoms with van der Waals surface area (Å²) >= 11 is 0.795. The van der Waals surface area contributed by atoms with E-state index in [4.69, 9.17) is 0 Å². The molecule has 3 aromatic rings. The number of aromatic nitrogens is 3. The summed E-state index contributed by atoms with van der Waals surface area (Å²) in [5.74, 6) is -1.32. The number of hydrogen-bond acceptors (Lipinski definition) is 6. The molecule has 0 saturated carbocycles. The van der Waals surface area contributed by atoms with Crippen molar-refractivity contribution in [3.05, 3.63) is 57.1 Å². The largest absolute Gasteiger partial charge is 0.328 e. The second kappa shape index (κ2) is 5.91. The fourth-order valence-electron chi connectivity index (χ4n) is 1.95. The van der Waals surface area contributed by atoms with Crippen LogP contribution in [0.3, 0.4) is 0 Å². The molecule has 0 spiro atoms. The first-order valence-electron chi connectivity index (χ1n) is 6.52. The maximum atomic E-state index is 14.3. The highest BCUT2D eigenvalue weighted by atomic mass is 32.2. The first kappa shape index (κ1) is 16.5. The van der Waals surface area contributed by atoms with Crippen LogP contribution in [0.15, 0.2) is 44.4 Å².